The second-order valence-corrected chi connectivity index (χ2v) is 5.45. The average molecular weight is 329 g/mol. The van der Waals surface area contributed by atoms with E-state index in [0.717, 1.165) is 13.1 Å². The van der Waals surface area contributed by atoms with E-state index in [9.17, 15) is 4.79 Å². The minimum atomic E-state index is -0.393. The Bertz CT molecular complexity index is 467. The smallest absolute Gasteiger partial charge is 0.339 e. The van der Waals surface area contributed by atoms with Crippen molar-refractivity contribution in [1.82, 2.24) is 4.90 Å². The molecule has 2 N–H and O–H groups in total. The lowest BCUT2D eigenvalue weighted by Crippen LogP contribution is -2.42. The van der Waals surface area contributed by atoms with Gasteiger partial charge in [0.15, 0.2) is 0 Å². The topological polar surface area (TPSA) is 64.8 Å². The van der Waals surface area contributed by atoms with Gasteiger partial charge >= 0.3 is 5.97 Å². The number of morpholine rings is 1. The average Bonchev–Trinajstić information content (AvgIpc) is 2.39. The zero-order chi connectivity index (χ0) is 13.8. The molecule has 0 spiro atoms. The Morgan fingerprint density at radius 3 is 3.16 bits per heavy atom. The molecule has 0 bridgehead atoms. The summed E-state index contributed by atoms with van der Waals surface area (Å²) in [5.41, 5.74) is 6.63. The molecular weight excluding hydrogens is 312 g/mol. The molecule has 5 nitrogen and oxygen atoms in total. The number of nitrogens with two attached hydrogens (primary N) is 1. The highest BCUT2D eigenvalue weighted by Gasteiger charge is 2.20. The Kier molecular flexibility index (Phi) is 4.79. The van der Waals surface area contributed by atoms with Crippen LogP contribution in [0.4, 0.5) is 5.69 Å². The molecule has 1 aromatic rings. The van der Waals surface area contributed by atoms with Crippen molar-refractivity contribution in [2.24, 2.45) is 0 Å². The van der Waals surface area contributed by atoms with E-state index in [-0.39, 0.29) is 12.7 Å². The number of likely N-dealkylation sites (N-methyl/N-ethyl adjacent to an activating group) is 1. The molecule has 1 fully saturated rings. The zero-order valence-electron chi connectivity index (χ0n) is 10.8. The van der Waals surface area contributed by atoms with E-state index in [1.807, 2.05) is 7.05 Å². The molecule has 1 atom stereocenters. The van der Waals surface area contributed by atoms with Crippen LogP contribution in [0.25, 0.3) is 0 Å². The summed E-state index contributed by atoms with van der Waals surface area (Å²) >= 11 is 3.31. The first-order chi connectivity index (χ1) is 9.06. The number of rotatable bonds is 3. The largest absolute Gasteiger partial charge is 0.459 e. The highest BCUT2D eigenvalue weighted by Crippen LogP contribution is 2.20. The molecule has 19 heavy (non-hydrogen) atoms. The fraction of sp³-hybridized carbons (Fsp3) is 0.462. The van der Waals surface area contributed by atoms with E-state index < -0.39 is 5.97 Å². The van der Waals surface area contributed by atoms with Crippen molar-refractivity contribution in [2.75, 3.05) is 39.1 Å². The van der Waals surface area contributed by atoms with Crippen molar-refractivity contribution >= 4 is 27.6 Å². The number of benzene rings is 1. The Labute approximate surface area is 120 Å². The lowest BCUT2D eigenvalue weighted by atomic mass is 10.2. The molecule has 6 heteroatoms. The summed E-state index contributed by atoms with van der Waals surface area (Å²) in [6.45, 7) is 2.60. The number of hydrogen-bond acceptors (Lipinski definition) is 5. The van der Waals surface area contributed by atoms with E-state index >= 15 is 0 Å². The predicted molar refractivity (Wildman–Crippen MR) is 76.1 cm³/mol. The van der Waals surface area contributed by atoms with E-state index in [1.165, 1.54) is 0 Å². The van der Waals surface area contributed by atoms with Crippen LogP contribution in [0.5, 0.6) is 0 Å². The molecule has 1 aromatic carbocycles. The van der Waals surface area contributed by atoms with Crippen molar-refractivity contribution in [2.45, 2.75) is 6.10 Å². The van der Waals surface area contributed by atoms with Crippen molar-refractivity contribution < 1.29 is 14.3 Å². The van der Waals surface area contributed by atoms with Gasteiger partial charge in [-0.1, -0.05) is 0 Å². The first-order valence-electron chi connectivity index (χ1n) is 6.08. The molecule has 0 aliphatic carbocycles. The van der Waals surface area contributed by atoms with Crippen LogP contribution in [0.15, 0.2) is 22.7 Å². The van der Waals surface area contributed by atoms with Gasteiger partial charge in [-0.15, -0.1) is 0 Å². The Morgan fingerprint density at radius 2 is 2.42 bits per heavy atom. The fourth-order valence-corrected chi connectivity index (χ4v) is 2.32. The third kappa shape index (κ3) is 3.92. The van der Waals surface area contributed by atoms with Crippen LogP contribution < -0.4 is 5.73 Å². The summed E-state index contributed by atoms with van der Waals surface area (Å²) in [4.78, 5) is 14.1. The monoisotopic (exact) mass is 328 g/mol. The number of ether oxygens (including phenoxy) is 2. The molecule has 0 amide bonds. The van der Waals surface area contributed by atoms with E-state index in [2.05, 4.69) is 20.8 Å². The number of hydrogen-bond donors (Lipinski definition) is 1. The predicted octanol–water partition coefficient (Wildman–Crippen LogP) is 1.52. The number of anilines is 1. The molecule has 1 saturated heterocycles. The van der Waals surface area contributed by atoms with E-state index in [1.54, 1.807) is 18.2 Å². The summed E-state index contributed by atoms with van der Waals surface area (Å²) in [6, 6.07) is 5.05. The van der Waals surface area contributed by atoms with Crippen molar-refractivity contribution in [3.63, 3.8) is 0 Å². The van der Waals surface area contributed by atoms with Crippen LogP contribution >= 0.6 is 15.9 Å². The van der Waals surface area contributed by atoms with E-state index in [0.29, 0.717) is 22.3 Å². The van der Waals surface area contributed by atoms with Gasteiger partial charge in [-0.3, -0.25) is 0 Å². The van der Waals surface area contributed by atoms with Crippen LogP contribution in [0, 0.1) is 0 Å². The first-order valence-corrected chi connectivity index (χ1v) is 6.88. The third-order valence-electron chi connectivity index (χ3n) is 2.95. The van der Waals surface area contributed by atoms with Gasteiger partial charge in [-0.25, -0.2) is 4.79 Å². The van der Waals surface area contributed by atoms with Gasteiger partial charge < -0.3 is 20.1 Å². The van der Waals surface area contributed by atoms with Crippen molar-refractivity contribution in [1.29, 1.82) is 0 Å². The standard InChI is InChI=1S/C13H17BrN2O3/c1-16-4-5-18-10(7-16)8-19-13(17)11-6-9(15)2-3-12(11)14/h2-3,6,10H,4-5,7-8,15H2,1H3. The second kappa shape index (κ2) is 6.36. The lowest BCUT2D eigenvalue weighted by Gasteiger charge is -2.29. The maximum absolute atomic E-state index is 12.0. The van der Waals surface area contributed by atoms with Crippen molar-refractivity contribution in [3.8, 4) is 0 Å². The summed E-state index contributed by atoms with van der Waals surface area (Å²) in [5.74, 6) is -0.393. The quantitative estimate of drug-likeness (QED) is 0.673. The first kappa shape index (κ1) is 14.3. The Hall–Kier alpha value is -1.11. The molecule has 1 aliphatic heterocycles. The summed E-state index contributed by atoms with van der Waals surface area (Å²) in [6.07, 6.45) is -0.0671. The SMILES string of the molecule is CN1CCOC(COC(=O)c2cc(N)ccc2Br)C1. The second-order valence-electron chi connectivity index (χ2n) is 4.59. The van der Waals surface area contributed by atoms with E-state index in [4.69, 9.17) is 15.2 Å². The van der Waals surface area contributed by atoms with Gasteiger partial charge in [0.1, 0.15) is 12.7 Å². The molecule has 0 saturated carbocycles. The Morgan fingerprint density at radius 1 is 1.63 bits per heavy atom. The number of esters is 1. The van der Waals surface area contributed by atoms with Crippen LogP contribution in [0.1, 0.15) is 10.4 Å². The lowest BCUT2D eigenvalue weighted by molar-refractivity contribution is -0.0528. The summed E-state index contributed by atoms with van der Waals surface area (Å²) < 4.78 is 11.5. The minimum Gasteiger partial charge on any atom is -0.459 e. The van der Waals surface area contributed by atoms with Gasteiger partial charge in [0, 0.05) is 23.2 Å². The molecule has 1 heterocycles. The molecule has 2 rings (SSSR count). The van der Waals surface area contributed by atoms with Crippen LogP contribution in [-0.2, 0) is 9.47 Å². The highest BCUT2D eigenvalue weighted by atomic mass is 79.9. The molecule has 0 aromatic heterocycles. The van der Waals surface area contributed by atoms with Gasteiger partial charge in [-0.05, 0) is 41.2 Å². The fourth-order valence-electron chi connectivity index (χ4n) is 1.91. The van der Waals surface area contributed by atoms with Crippen LogP contribution in [0.3, 0.4) is 0 Å². The number of nitrogen functional groups attached to an aromatic ring is 1. The molecular formula is C13H17BrN2O3. The van der Waals surface area contributed by atoms with Gasteiger partial charge in [0.2, 0.25) is 0 Å². The zero-order valence-corrected chi connectivity index (χ0v) is 12.4. The molecule has 0 radical (unpaired) electrons. The third-order valence-corrected chi connectivity index (χ3v) is 3.64. The highest BCUT2D eigenvalue weighted by molar-refractivity contribution is 9.10. The summed E-state index contributed by atoms with van der Waals surface area (Å²) in [7, 11) is 2.02. The minimum absolute atomic E-state index is 0.0671. The number of halogens is 1. The normalized spacial score (nSPS) is 20.2. The molecule has 1 aliphatic rings. The maximum Gasteiger partial charge on any atom is 0.339 e. The molecule has 1 unspecified atom stereocenters. The number of carbonyl (C=O) groups excluding carboxylic acids is 1. The summed E-state index contributed by atoms with van der Waals surface area (Å²) in [5, 5.41) is 0. The van der Waals surface area contributed by atoms with Crippen LogP contribution in [-0.4, -0.2) is 50.3 Å². The Balaban J connectivity index is 1.92. The molecule has 104 valence electrons. The van der Waals surface area contributed by atoms with Crippen molar-refractivity contribution in [3.05, 3.63) is 28.2 Å². The number of carbonyl (C=O) groups is 1. The maximum atomic E-state index is 12.0. The van der Waals surface area contributed by atoms with Gasteiger partial charge in [-0.2, -0.15) is 0 Å². The number of nitrogens with zero attached hydrogens (tertiary/aromatic N) is 1. The van der Waals surface area contributed by atoms with Gasteiger partial charge in [0.25, 0.3) is 0 Å². The van der Waals surface area contributed by atoms with Crippen LogP contribution in [0.2, 0.25) is 0 Å². The van der Waals surface area contributed by atoms with Gasteiger partial charge in [0.05, 0.1) is 12.2 Å².